The van der Waals surface area contributed by atoms with Crippen molar-refractivity contribution >= 4 is 0 Å². The quantitative estimate of drug-likeness (QED) is 0.564. The Bertz CT molecular complexity index is 158. The van der Waals surface area contributed by atoms with Crippen LogP contribution in [0, 0.1) is 10.8 Å². The van der Waals surface area contributed by atoms with Gasteiger partial charge in [0.2, 0.25) is 0 Å². The molecule has 1 heterocycles. The lowest BCUT2D eigenvalue weighted by atomic mass is 9.72. The van der Waals surface area contributed by atoms with Crippen LogP contribution < -0.4 is 0 Å². The summed E-state index contributed by atoms with van der Waals surface area (Å²) in [6.45, 7) is 8.05. The second kappa shape index (κ2) is 2.01. The van der Waals surface area contributed by atoms with Gasteiger partial charge in [-0.15, -0.1) is 0 Å². The predicted octanol–water partition coefficient (Wildman–Crippen LogP) is 2.60. The second-order valence-electron chi connectivity index (χ2n) is 5.05. The molecule has 1 heteroatoms. The molecule has 2 fully saturated rings. The normalized spacial score (nSPS) is 34.6. The Morgan fingerprint density at radius 2 is 1.82 bits per heavy atom. The largest absolute Gasteiger partial charge is 0.377 e. The summed E-state index contributed by atoms with van der Waals surface area (Å²) in [4.78, 5) is 0. The monoisotopic (exact) mass is 154 g/mol. The highest BCUT2D eigenvalue weighted by Crippen LogP contribution is 2.63. The first-order valence-corrected chi connectivity index (χ1v) is 4.68. The summed E-state index contributed by atoms with van der Waals surface area (Å²) in [5, 5.41) is 0. The van der Waals surface area contributed by atoms with Crippen molar-refractivity contribution < 1.29 is 4.74 Å². The van der Waals surface area contributed by atoms with E-state index in [0.717, 1.165) is 6.61 Å². The molecule has 0 N–H and O–H groups in total. The lowest BCUT2D eigenvalue weighted by Gasteiger charge is -2.42. The van der Waals surface area contributed by atoms with E-state index >= 15 is 0 Å². The molecular formula is C10H18O. The summed E-state index contributed by atoms with van der Waals surface area (Å²) < 4.78 is 5.58. The first-order chi connectivity index (χ1) is 5.06. The Morgan fingerprint density at radius 1 is 1.27 bits per heavy atom. The zero-order chi connectivity index (χ0) is 8.11. The van der Waals surface area contributed by atoms with Gasteiger partial charge in [0, 0.05) is 12.0 Å². The van der Waals surface area contributed by atoms with E-state index < -0.39 is 0 Å². The molecule has 1 saturated carbocycles. The SMILES string of the molecule is CC(C)(C)C1([C@H]2CCO2)CC1. The minimum Gasteiger partial charge on any atom is -0.377 e. The van der Waals surface area contributed by atoms with Crippen LogP contribution in [0.3, 0.4) is 0 Å². The average Bonchev–Trinajstić information content (AvgIpc) is 2.37. The van der Waals surface area contributed by atoms with E-state index in [1.165, 1.54) is 19.3 Å². The highest BCUT2D eigenvalue weighted by Gasteiger charge is 2.59. The Balaban J connectivity index is 2.09. The maximum atomic E-state index is 5.58. The van der Waals surface area contributed by atoms with Crippen molar-refractivity contribution in [1.82, 2.24) is 0 Å². The van der Waals surface area contributed by atoms with Gasteiger partial charge in [-0.2, -0.15) is 0 Å². The number of ether oxygens (including phenoxy) is 1. The minimum absolute atomic E-state index is 0.456. The van der Waals surface area contributed by atoms with Gasteiger partial charge in [0.15, 0.2) is 0 Å². The van der Waals surface area contributed by atoms with Crippen molar-refractivity contribution in [3.05, 3.63) is 0 Å². The van der Waals surface area contributed by atoms with Gasteiger partial charge in [0.1, 0.15) is 0 Å². The Morgan fingerprint density at radius 3 is 1.91 bits per heavy atom. The van der Waals surface area contributed by atoms with Gasteiger partial charge in [-0.05, 0) is 24.7 Å². The summed E-state index contributed by atoms with van der Waals surface area (Å²) in [5.74, 6) is 0. The molecular weight excluding hydrogens is 136 g/mol. The molecule has 64 valence electrons. The second-order valence-corrected chi connectivity index (χ2v) is 5.05. The van der Waals surface area contributed by atoms with Crippen LogP contribution in [0.2, 0.25) is 0 Å². The van der Waals surface area contributed by atoms with Crippen LogP contribution in [0.5, 0.6) is 0 Å². The molecule has 0 amide bonds. The van der Waals surface area contributed by atoms with Crippen molar-refractivity contribution in [2.75, 3.05) is 6.61 Å². The predicted molar refractivity (Wildman–Crippen MR) is 45.5 cm³/mol. The summed E-state index contributed by atoms with van der Waals surface area (Å²) >= 11 is 0. The van der Waals surface area contributed by atoms with Crippen LogP contribution in [0.25, 0.3) is 0 Å². The topological polar surface area (TPSA) is 9.23 Å². The zero-order valence-corrected chi connectivity index (χ0v) is 7.81. The van der Waals surface area contributed by atoms with E-state index in [4.69, 9.17) is 4.74 Å². The van der Waals surface area contributed by atoms with E-state index in [0.29, 0.717) is 16.9 Å². The summed E-state index contributed by atoms with van der Waals surface area (Å²) in [5.41, 5.74) is 1.02. The summed E-state index contributed by atoms with van der Waals surface area (Å²) in [6.07, 6.45) is 4.68. The van der Waals surface area contributed by atoms with Crippen molar-refractivity contribution in [1.29, 1.82) is 0 Å². The van der Waals surface area contributed by atoms with Gasteiger partial charge in [-0.25, -0.2) is 0 Å². The van der Waals surface area contributed by atoms with E-state index in [1.54, 1.807) is 0 Å². The van der Waals surface area contributed by atoms with Crippen LogP contribution in [-0.2, 0) is 4.74 Å². The maximum Gasteiger partial charge on any atom is 0.0658 e. The number of rotatable bonds is 1. The molecule has 11 heavy (non-hydrogen) atoms. The van der Waals surface area contributed by atoms with Gasteiger partial charge in [-0.3, -0.25) is 0 Å². The number of hydrogen-bond donors (Lipinski definition) is 0. The van der Waals surface area contributed by atoms with Crippen LogP contribution in [0.1, 0.15) is 40.0 Å². The van der Waals surface area contributed by atoms with Gasteiger partial charge in [0.25, 0.3) is 0 Å². The van der Waals surface area contributed by atoms with E-state index in [2.05, 4.69) is 20.8 Å². The van der Waals surface area contributed by atoms with Crippen molar-refractivity contribution in [3.63, 3.8) is 0 Å². The molecule has 1 aliphatic heterocycles. The maximum absolute atomic E-state index is 5.58. The van der Waals surface area contributed by atoms with Crippen molar-refractivity contribution in [3.8, 4) is 0 Å². The minimum atomic E-state index is 0.456. The molecule has 1 nitrogen and oxygen atoms in total. The standard InChI is InChI=1S/C10H18O/c1-9(2,3)10(5-6-10)8-4-7-11-8/h8H,4-7H2,1-3H3/t8-/m1/s1. The molecule has 0 aromatic heterocycles. The first kappa shape index (κ1) is 7.60. The van der Waals surface area contributed by atoms with Gasteiger partial charge in [0.05, 0.1) is 6.10 Å². The van der Waals surface area contributed by atoms with Crippen LogP contribution >= 0.6 is 0 Å². The van der Waals surface area contributed by atoms with Gasteiger partial charge < -0.3 is 4.74 Å². The van der Waals surface area contributed by atoms with E-state index in [1.807, 2.05) is 0 Å². The Labute approximate surface area is 69.1 Å². The molecule has 0 unspecified atom stereocenters. The first-order valence-electron chi connectivity index (χ1n) is 4.68. The molecule has 2 aliphatic rings. The molecule has 0 bridgehead atoms. The smallest absolute Gasteiger partial charge is 0.0658 e. The van der Waals surface area contributed by atoms with Gasteiger partial charge >= 0.3 is 0 Å². The fourth-order valence-electron chi connectivity index (χ4n) is 2.36. The highest BCUT2D eigenvalue weighted by molar-refractivity contribution is 5.08. The summed E-state index contributed by atoms with van der Waals surface area (Å²) in [6, 6.07) is 0. The Kier molecular flexibility index (Phi) is 1.39. The fraction of sp³-hybridized carbons (Fsp3) is 1.00. The lowest BCUT2D eigenvalue weighted by molar-refractivity contribution is -0.122. The summed E-state index contributed by atoms with van der Waals surface area (Å²) in [7, 11) is 0. The molecule has 0 aromatic carbocycles. The fourth-order valence-corrected chi connectivity index (χ4v) is 2.36. The number of hydrogen-bond acceptors (Lipinski definition) is 1. The molecule has 1 aliphatic carbocycles. The van der Waals surface area contributed by atoms with Crippen LogP contribution in [0.15, 0.2) is 0 Å². The molecule has 1 saturated heterocycles. The zero-order valence-electron chi connectivity index (χ0n) is 7.81. The lowest BCUT2D eigenvalue weighted by Crippen LogP contribution is -2.42. The third-order valence-corrected chi connectivity index (χ3v) is 3.60. The molecule has 0 aromatic rings. The Hall–Kier alpha value is -0.0400. The van der Waals surface area contributed by atoms with Gasteiger partial charge in [-0.1, -0.05) is 20.8 Å². The van der Waals surface area contributed by atoms with Crippen LogP contribution in [-0.4, -0.2) is 12.7 Å². The molecule has 0 radical (unpaired) electrons. The van der Waals surface area contributed by atoms with E-state index in [9.17, 15) is 0 Å². The molecule has 0 spiro atoms. The van der Waals surface area contributed by atoms with Crippen LogP contribution in [0.4, 0.5) is 0 Å². The molecule has 1 atom stereocenters. The molecule has 2 rings (SSSR count). The van der Waals surface area contributed by atoms with Crippen molar-refractivity contribution in [2.24, 2.45) is 10.8 Å². The third kappa shape index (κ3) is 0.936. The highest BCUT2D eigenvalue weighted by atomic mass is 16.5. The van der Waals surface area contributed by atoms with E-state index in [-0.39, 0.29) is 0 Å². The average molecular weight is 154 g/mol. The van der Waals surface area contributed by atoms with Crippen molar-refractivity contribution in [2.45, 2.75) is 46.1 Å². The third-order valence-electron chi connectivity index (χ3n) is 3.60.